The molecular weight excluding hydrogens is 725 g/mol. The number of rotatable bonds is 10. The Bertz CT molecular complexity index is 2910. The maximum Gasteiger partial charge on any atom is 0.0462 e. The van der Waals surface area contributed by atoms with Crippen LogP contribution in [0.4, 0.5) is 28.4 Å². The molecule has 0 aromatic heterocycles. The zero-order valence-electron chi connectivity index (χ0n) is 33.4. The summed E-state index contributed by atoms with van der Waals surface area (Å²) >= 11 is 0. The molecule has 0 fully saturated rings. The molecule has 1 aliphatic rings. The highest BCUT2D eigenvalue weighted by atomic mass is 15.2. The molecule has 0 bridgehead atoms. The number of para-hydroxylation sites is 1. The van der Waals surface area contributed by atoms with Gasteiger partial charge in [0.2, 0.25) is 0 Å². The molecule has 0 saturated heterocycles. The van der Waals surface area contributed by atoms with Crippen molar-refractivity contribution in [2.24, 2.45) is 0 Å². The van der Waals surface area contributed by atoms with Crippen LogP contribution in [0.25, 0.3) is 55.3 Å². The number of allylic oxidation sites excluding steroid dienone is 4. The molecule has 1 aliphatic carbocycles. The van der Waals surface area contributed by atoms with E-state index in [-0.39, 0.29) is 0 Å². The lowest BCUT2D eigenvalue weighted by atomic mass is 9.91. The summed E-state index contributed by atoms with van der Waals surface area (Å²) in [5, 5.41) is 2.48. The maximum absolute atomic E-state index is 2.41. The van der Waals surface area contributed by atoms with Crippen LogP contribution in [0.1, 0.15) is 12.8 Å². The highest BCUT2D eigenvalue weighted by molar-refractivity contribution is 6.06. The highest BCUT2D eigenvalue weighted by Gasteiger charge is 2.18. The summed E-state index contributed by atoms with van der Waals surface area (Å²) in [5.41, 5.74) is 16.6. The fourth-order valence-corrected chi connectivity index (χ4v) is 8.55. The van der Waals surface area contributed by atoms with Crippen molar-refractivity contribution in [3.05, 3.63) is 248 Å². The van der Waals surface area contributed by atoms with Gasteiger partial charge in [-0.3, -0.25) is 0 Å². The van der Waals surface area contributed by atoms with Gasteiger partial charge in [-0.05, 0) is 135 Å². The topological polar surface area (TPSA) is 6.48 Å². The highest BCUT2D eigenvalue weighted by Crippen LogP contribution is 2.41. The molecule has 2 nitrogen and oxygen atoms in total. The molecule has 0 atom stereocenters. The van der Waals surface area contributed by atoms with Crippen LogP contribution in [-0.2, 0) is 0 Å². The molecular formula is C58H44N2. The van der Waals surface area contributed by atoms with Crippen molar-refractivity contribution in [1.29, 1.82) is 0 Å². The minimum Gasteiger partial charge on any atom is -0.314 e. The van der Waals surface area contributed by atoms with E-state index in [0.29, 0.717) is 0 Å². The van der Waals surface area contributed by atoms with Crippen LogP contribution in [-0.4, -0.2) is 0 Å². The lowest BCUT2D eigenvalue weighted by Gasteiger charge is -2.29. The Labute approximate surface area is 353 Å². The lowest BCUT2D eigenvalue weighted by Crippen LogP contribution is -2.17. The van der Waals surface area contributed by atoms with Crippen molar-refractivity contribution >= 4 is 39.2 Å². The van der Waals surface area contributed by atoms with Gasteiger partial charge in [-0.25, -0.2) is 0 Å². The van der Waals surface area contributed by atoms with E-state index in [9.17, 15) is 0 Å². The van der Waals surface area contributed by atoms with E-state index in [4.69, 9.17) is 0 Å². The van der Waals surface area contributed by atoms with Gasteiger partial charge in [-0.2, -0.15) is 0 Å². The number of hydrogen-bond acceptors (Lipinski definition) is 2. The second kappa shape index (κ2) is 16.7. The minimum absolute atomic E-state index is 0.994. The van der Waals surface area contributed by atoms with Gasteiger partial charge >= 0.3 is 0 Å². The Balaban J connectivity index is 0.984. The standard InChI is InChI=1S/C58H44N2/c1-5-15-43(16-6-1)45-27-35-52(36-28-45)59(50-21-9-3-10-22-50)54-39-31-47(32-40-54)56-25-13-19-49-20-14-26-57(58(49)56)48-33-41-55(42-34-48)60(51-23-11-4-12-24-51)53-37-29-46(30-38-53)44-17-7-2-8-18-44/h1-11,13-23,25-42H,12,24H2. The molecule has 9 aromatic rings. The van der Waals surface area contributed by atoms with Crippen LogP contribution in [0.5, 0.6) is 0 Å². The molecule has 0 N–H and O–H groups in total. The van der Waals surface area contributed by atoms with Gasteiger partial charge < -0.3 is 9.80 Å². The second-order valence-electron chi connectivity index (χ2n) is 15.3. The van der Waals surface area contributed by atoms with Gasteiger partial charge in [-0.15, -0.1) is 0 Å². The van der Waals surface area contributed by atoms with Crippen molar-refractivity contribution in [1.82, 2.24) is 0 Å². The average molecular weight is 769 g/mol. The summed E-state index contributed by atoms with van der Waals surface area (Å²) in [6.45, 7) is 0. The smallest absolute Gasteiger partial charge is 0.0462 e. The third-order valence-corrected chi connectivity index (χ3v) is 11.5. The monoisotopic (exact) mass is 768 g/mol. The van der Waals surface area contributed by atoms with Gasteiger partial charge in [0.1, 0.15) is 0 Å². The van der Waals surface area contributed by atoms with Gasteiger partial charge in [0.05, 0.1) is 0 Å². The van der Waals surface area contributed by atoms with Gasteiger partial charge in [0.15, 0.2) is 0 Å². The molecule has 0 heterocycles. The van der Waals surface area contributed by atoms with Gasteiger partial charge in [0.25, 0.3) is 0 Å². The number of fused-ring (bicyclic) bond motifs is 1. The SMILES string of the molecule is C1=CCCC(N(c2ccc(-c3ccccc3)cc2)c2ccc(-c3cccc4cccc(-c5ccc(N(c6ccccc6)c6ccc(-c7ccccc7)cc6)cc5)c34)cc2)=C1. The molecule has 9 aromatic carbocycles. The predicted molar refractivity (Wildman–Crippen MR) is 255 cm³/mol. The third kappa shape index (κ3) is 7.43. The maximum atomic E-state index is 2.41. The van der Waals surface area contributed by atoms with Crippen LogP contribution in [0.2, 0.25) is 0 Å². The van der Waals surface area contributed by atoms with Crippen molar-refractivity contribution < 1.29 is 0 Å². The summed E-state index contributed by atoms with van der Waals surface area (Å²) < 4.78 is 0. The Hall–Kier alpha value is -7.68. The quantitative estimate of drug-likeness (QED) is 0.137. The number of anilines is 5. The van der Waals surface area contributed by atoms with Crippen LogP contribution in [0, 0.1) is 0 Å². The lowest BCUT2D eigenvalue weighted by molar-refractivity contribution is 0.918. The third-order valence-electron chi connectivity index (χ3n) is 11.5. The Morgan fingerprint density at radius 2 is 0.683 bits per heavy atom. The van der Waals surface area contributed by atoms with E-state index >= 15 is 0 Å². The summed E-state index contributed by atoms with van der Waals surface area (Å²) in [4.78, 5) is 4.74. The second-order valence-corrected chi connectivity index (χ2v) is 15.3. The molecule has 60 heavy (non-hydrogen) atoms. The van der Waals surface area contributed by atoms with E-state index in [1.807, 2.05) is 0 Å². The van der Waals surface area contributed by atoms with Crippen molar-refractivity contribution in [3.8, 4) is 44.5 Å². The minimum atomic E-state index is 0.994. The Kier molecular flexibility index (Phi) is 10.2. The summed E-state index contributed by atoms with van der Waals surface area (Å²) in [6, 6.07) is 81.1. The fraction of sp³-hybridized carbons (Fsp3) is 0.0345. The zero-order chi connectivity index (χ0) is 40.1. The van der Waals surface area contributed by atoms with Gasteiger partial charge in [0, 0.05) is 34.1 Å². The van der Waals surface area contributed by atoms with E-state index < -0.39 is 0 Å². The Morgan fingerprint density at radius 3 is 1.12 bits per heavy atom. The molecule has 0 unspecified atom stereocenters. The van der Waals surface area contributed by atoms with Crippen LogP contribution in [0.15, 0.2) is 248 Å². The molecule has 0 aliphatic heterocycles. The molecule has 0 saturated carbocycles. The first kappa shape index (κ1) is 36.6. The van der Waals surface area contributed by atoms with Crippen LogP contribution in [0.3, 0.4) is 0 Å². The average Bonchev–Trinajstić information content (AvgIpc) is 3.33. The molecule has 286 valence electrons. The summed E-state index contributed by atoms with van der Waals surface area (Å²) in [7, 11) is 0. The first-order valence-corrected chi connectivity index (χ1v) is 20.8. The number of hydrogen-bond donors (Lipinski definition) is 0. The largest absolute Gasteiger partial charge is 0.314 e. The van der Waals surface area contributed by atoms with Crippen molar-refractivity contribution in [2.75, 3.05) is 9.80 Å². The summed E-state index contributed by atoms with van der Waals surface area (Å²) in [6.07, 6.45) is 8.72. The van der Waals surface area contributed by atoms with Crippen molar-refractivity contribution in [3.63, 3.8) is 0 Å². The number of benzene rings is 9. The summed E-state index contributed by atoms with van der Waals surface area (Å²) in [5.74, 6) is 0. The van der Waals surface area contributed by atoms with Crippen molar-refractivity contribution in [2.45, 2.75) is 12.8 Å². The first-order chi connectivity index (χ1) is 29.8. The molecule has 0 amide bonds. The number of nitrogens with zero attached hydrogens (tertiary/aromatic N) is 2. The van der Waals surface area contributed by atoms with E-state index in [0.717, 1.165) is 41.3 Å². The van der Waals surface area contributed by atoms with Crippen LogP contribution < -0.4 is 9.80 Å². The van der Waals surface area contributed by atoms with E-state index in [1.165, 1.54) is 61.0 Å². The van der Waals surface area contributed by atoms with Gasteiger partial charge in [-0.1, -0.05) is 176 Å². The first-order valence-electron chi connectivity index (χ1n) is 20.8. The molecule has 10 rings (SSSR count). The normalized spacial score (nSPS) is 12.2. The predicted octanol–water partition coefficient (Wildman–Crippen LogP) is 16.3. The van der Waals surface area contributed by atoms with E-state index in [1.54, 1.807) is 0 Å². The fourth-order valence-electron chi connectivity index (χ4n) is 8.55. The molecule has 0 radical (unpaired) electrons. The molecule has 2 heteroatoms. The molecule has 0 spiro atoms. The zero-order valence-corrected chi connectivity index (χ0v) is 33.4. The van der Waals surface area contributed by atoms with Crippen LogP contribution >= 0.6 is 0 Å². The Morgan fingerprint density at radius 1 is 0.300 bits per heavy atom. The van der Waals surface area contributed by atoms with E-state index in [2.05, 4.69) is 252 Å².